The van der Waals surface area contributed by atoms with Crippen molar-refractivity contribution < 1.29 is 9.18 Å². The zero-order valence-corrected chi connectivity index (χ0v) is 12.2. The van der Waals surface area contributed by atoms with E-state index in [4.69, 9.17) is 5.73 Å². The molecule has 0 bridgehead atoms. The summed E-state index contributed by atoms with van der Waals surface area (Å²) < 4.78 is 14.4. The van der Waals surface area contributed by atoms with Crippen molar-refractivity contribution in [2.24, 2.45) is 11.7 Å². The van der Waals surface area contributed by atoms with Crippen molar-refractivity contribution in [2.75, 3.05) is 0 Å². The summed E-state index contributed by atoms with van der Waals surface area (Å²) in [7, 11) is 0. The minimum atomic E-state index is -0.201. The van der Waals surface area contributed by atoms with E-state index in [9.17, 15) is 9.18 Å². The number of nitrogens with one attached hydrogen (secondary N) is 1. The average Bonchev–Trinajstić information content (AvgIpc) is 2.38. The van der Waals surface area contributed by atoms with Crippen LogP contribution in [0, 0.1) is 11.7 Å². The molecule has 104 valence electrons. The van der Waals surface area contributed by atoms with Crippen molar-refractivity contribution >= 4 is 21.8 Å². The van der Waals surface area contributed by atoms with Crippen LogP contribution in [-0.4, -0.2) is 11.9 Å². The molecule has 1 aliphatic carbocycles. The molecule has 1 aromatic rings. The normalized spacial score (nSPS) is 23.3. The van der Waals surface area contributed by atoms with Gasteiger partial charge in [0.05, 0.1) is 0 Å². The van der Waals surface area contributed by atoms with E-state index in [0.717, 1.165) is 30.2 Å². The molecule has 19 heavy (non-hydrogen) atoms. The molecule has 0 spiro atoms. The first-order valence-electron chi connectivity index (χ1n) is 6.53. The summed E-state index contributed by atoms with van der Waals surface area (Å²) in [6.45, 7) is 0.519. The van der Waals surface area contributed by atoms with Gasteiger partial charge in [0.15, 0.2) is 0 Å². The highest BCUT2D eigenvalue weighted by molar-refractivity contribution is 9.10. The Balaban J connectivity index is 1.82. The molecule has 5 heteroatoms. The van der Waals surface area contributed by atoms with Crippen molar-refractivity contribution in [1.82, 2.24) is 5.32 Å². The van der Waals surface area contributed by atoms with Gasteiger partial charge in [-0.1, -0.05) is 22.0 Å². The van der Waals surface area contributed by atoms with Crippen LogP contribution in [0.5, 0.6) is 0 Å². The Bertz CT molecular complexity index is 459. The minimum absolute atomic E-state index is 0.0162. The van der Waals surface area contributed by atoms with Crippen LogP contribution in [-0.2, 0) is 11.3 Å². The summed E-state index contributed by atoms with van der Waals surface area (Å²) in [6, 6.07) is 5.44. The fourth-order valence-electron chi connectivity index (χ4n) is 2.50. The lowest BCUT2D eigenvalue weighted by Gasteiger charge is -2.27. The number of carbonyl (C=O) groups is 1. The second kappa shape index (κ2) is 6.48. The van der Waals surface area contributed by atoms with Gasteiger partial charge >= 0.3 is 0 Å². The first-order chi connectivity index (χ1) is 9.06. The molecule has 1 saturated carbocycles. The van der Waals surface area contributed by atoms with Gasteiger partial charge in [-0.05, 0) is 37.8 Å². The van der Waals surface area contributed by atoms with E-state index < -0.39 is 0 Å². The highest BCUT2D eigenvalue weighted by Gasteiger charge is 2.24. The Morgan fingerprint density at radius 2 is 2.05 bits per heavy atom. The van der Waals surface area contributed by atoms with Gasteiger partial charge in [-0.3, -0.25) is 4.79 Å². The zero-order chi connectivity index (χ0) is 13.8. The minimum Gasteiger partial charge on any atom is -0.369 e. The third-order valence-corrected chi connectivity index (χ3v) is 4.22. The lowest BCUT2D eigenvalue weighted by Crippen LogP contribution is -2.36. The van der Waals surface area contributed by atoms with Crippen LogP contribution in [0.2, 0.25) is 0 Å². The smallest absolute Gasteiger partial charge is 0.220 e. The van der Waals surface area contributed by atoms with E-state index in [0.29, 0.717) is 18.2 Å². The van der Waals surface area contributed by atoms with Gasteiger partial charge in [0, 0.05) is 28.5 Å². The first-order valence-corrected chi connectivity index (χ1v) is 7.32. The summed E-state index contributed by atoms with van der Waals surface area (Å²) in [4.78, 5) is 11.1. The molecular formula is C14H18BrFN2O. The topological polar surface area (TPSA) is 55.1 Å². The van der Waals surface area contributed by atoms with Crippen LogP contribution in [0.15, 0.2) is 22.7 Å². The zero-order valence-electron chi connectivity index (χ0n) is 10.7. The number of amides is 1. The van der Waals surface area contributed by atoms with E-state index in [1.54, 1.807) is 6.07 Å². The number of hydrogen-bond acceptors (Lipinski definition) is 2. The quantitative estimate of drug-likeness (QED) is 0.892. The number of primary amides is 1. The number of halogens is 2. The molecule has 0 aromatic heterocycles. The molecular weight excluding hydrogens is 311 g/mol. The molecule has 0 heterocycles. The Labute approximate surface area is 120 Å². The number of hydrogen-bond donors (Lipinski definition) is 2. The standard InChI is InChI=1S/C14H18BrFN2O/c15-11-4-1-10(13(16)7-11)8-18-12-5-2-9(3-6-12)14(17)19/h1,4,7,9,12,18H,2-3,5-6,8H2,(H2,17,19). The number of rotatable bonds is 4. The van der Waals surface area contributed by atoms with Crippen molar-refractivity contribution in [3.05, 3.63) is 34.1 Å². The highest BCUT2D eigenvalue weighted by Crippen LogP contribution is 2.24. The fourth-order valence-corrected chi connectivity index (χ4v) is 2.83. The number of benzene rings is 1. The Hall–Kier alpha value is -0.940. The van der Waals surface area contributed by atoms with Crippen molar-refractivity contribution in [1.29, 1.82) is 0 Å². The van der Waals surface area contributed by atoms with Gasteiger partial charge in [-0.15, -0.1) is 0 Å². The van der Waals surface area contributed by atoms with E-state index in [2.05, 4.69) is 21.2 Å². The molecule has 2 rings (SSSR count). The van der Waals surface area contributed by atoms with Crippen molar-refractivity contribution in [3.63, 3.8) is 0 Å². The lowest BCUT2D eigenvalue weighted by atomic mass is 9.85. The monoisotopic (exact) mass is 328 g/mol. The Kier molecular flexibility index (Phi) is 4.93. The van der Waals surface area contributed by atoms with Gasteiger partial charge in [0.2, 0.25) is 5.91 Å². The highest BCUT2D eigenvalue weighted by atomic mass is 79.9. The summed E-state index contributed by atoms with van der Waals surface area (Å²) in [6.07, 6.45) is 3.50. The van der Waals surface area contributed by atoms with Crippen LogP contribution < -0.4 is 11.1 Å². The lowest BCUT2D eigenvalue weighted by molar-refractivity contribution is -0.122. The van der Waals surface area contributed by atoms with Crippen molar-refractivity contribution in [3.8, 4) is 0 Å². The third kappa shape index (κ3) is 4.01. The van der Waals surface area contributed by atoms with Gasteiger partial charge in [0.25, 0.3) is 0 Å². The largest absolute Gasteiger partial charge is 0.369 e. The number of carbonyl (C=O) groups excluding carboxylic acids is 1. The van der Waals surface area contributed by atoms with Crippen LogP contribution in [0.1, 0.15) is 31.2 Å². The van der Waals surface area contributed by atoms with E-state index in [1.807, 2.05) is 6.07 Å². The molecule has 1 aliphatic rings. The summed E-state index contributed by atoms with van der Waals surface area (Å²) in [5.41, 5.74) is 5.97. The SMILES string of the molecule is NC(=O)C1CCC(NCc2ccc(Br)cc2F)CC1. The summed E-state index contributed by atoms with van der Waals surface area (Å²) in [5.74, 6) is -0.382. The van der Waals surface area contributed by atoms with Crippen LogP contribution in [0.4, 0.5) is 4.39 Å². The molecule has 3 N–H and O–H groups in total. The molecule has 0 saturated heterocycles. The Morgan fingerprint density at radius 3 is 2.63 bits per heavy atom. The Morgan fingerprint density at radius 1 is 1.37 bits per heavy atom. The molecule has 1 aromatic carbocycles. The predicted octanol–water partition coefficient (Wildman–Crippen LogP) is 2.72. The van der Waals surface area contributed by atoms with Gasteiger partial charge in [-0.2, -0.15) is 0 Å². The molecule has 0 atom stereocenters. The first kappa shape index (κ1) is 14.5. The molecule has 1 amide bonds. The maximum Gasteiger partial charge on any atom is 0.220 e. The maximum atomic E-state index is 13.6. The number of nitrogens with two attached hydrogens (primary N) is 1. The maximum absolute atomic E-state index is 13.6. The van der Waals surface area contributed by atoms with Gasteiger partial charge < -0.3 is 11.1 Å². The molecule has 0 radical (unpaired) electrons. The third-order valence-electron chi connectivity index (χ3n) is 3.73. The molecule has 0 aliphatic heterocycles. The average molecular weight is 329 g/mol. The van der Waals surface area contributed by atoms with E-state index in [-0.39, 0.29) is 17.6 Å². The summed E-state index contributed by atoms with van der Waals surface area (Å²) in [5, 5.41) is 3.35. The van der Waals surface area contributed by atoms with Crippen LogP contribution >= 0.6 is 15.9 Å². The van der Waals surface area contributed by atoms with E-state index in [1.165, 1.54) is 6.07 Å². The van der Waals surface area contributed by atoms with Crippen molar-refractivity contribution in [2.45, 2.75) is 38.3 Å². The van der Waals surface area contributed by atoms with Crippen LogP contribution in [0.25, 0.3) is 0 Å². The molecule has 1 fully saturated rings. The fraction of sp³-hybridized carbons (Fsp3) is 0.500. The van der Waals surface area contributed by atoms with Gasteiger partial charge in [0.1, 0.15) is 5.82 Å². The molecule has 3 nitrogen and oxygen atoms in total. The second-order valence-corrected chi connectivity index (χ2v) is 5.98. The van der Waals surface area contributed by atoms with E-state index >= 15 is 0 Å². The second-order valence-electron chi connectivity index (χ2n) is 5.07. The summed E-state index contributed by atoms with van der Waals surface area (Å²) >= 11 is 3.24. The molecule has 0 unspecified atom stereocenters. The predicted molar refractivity (Wildman–Crippen MR) is 75.9 cm³/mol. The van der Waals surface area contributed by atoms with Crippen LogP contribution in [0.3, 0.4) is 0 Å². The van der Waals surface area contributed by atoms with Gasteiger partial charge in [-0.25, -0.2) is 4.39 Å².